The Bertz CT molecular complexity index is 250. The van der Waals surface area contributed by atoms with Crippen LogP contribution in [-0.4, -0.2) is 5.75 Å². The second-order valence-corrected chi connectivity index (χ2v) is 5.85. The minimum absolute atomic E-state index is 0. The molecule has 0 aliphatic carbocycles. The molecule has 0 aromatic carbocycles. The molecule has 1 aromatic heterocycles. The number of rotatable bonds is 1. The molecule has 2 rings (SSSR count). The highest BCUT2D eigenvalue weighted by Crippen LogP contribution is 2.38. The zero-order chi connectivity index (χ0) is 8.55. The van der Waals surface area contributed by atoms with Crippen LogP contribution in [0.4, 0.5) is 0 Å². The second kappa shape index (κ2) is 4.52. The van der Waals surface area contributed by atoms with Crippen LogP contribution in [0.1, 0.15) is 43.4 Å². The predicted octanol–water partition coefficient (Wildman–Crippen LogP) is 4.55. The standard InChI is InChI=1S/C10H14S2.CH4/c1-7(2)9-6-10-8(12-9)4-3-5-11-10;/h6-7H,3-5H2,1-2H3;1H4. The molecule has 1 aliphatic rings. The molecule has 74 valence electrons. The molecule has 0 fully saturated rings. The third-order valence-electron chi connectivity index (χ3n) is 2.16. The molecule has 0 N–H and O–H groups in total. The quantitative estimate of drug-likeness (QED) is 0.661. The van der Waals surface area contributed by atoms with E-state index in [1.165, 1.54) is 18.6 Å². The van der Waals surface area contributed by atoms with E-state index in [9.17, 15) is 0 Å². The minimum Gasteiger partial charge on any atom is -0.144 e. The molecule has 0 bridgehead atoms. The maximum atomic E-state index is 2.40. The summed E-state index contributed by atoms with van der Waals surface area (Å²) in [5.41, 5.74) is 0. The van der Waals surface area contributed by atoms with Gasteiger partial charge in [-0.15, -0.1) is 23.1 Å². The van der Waals surface area contributed by atoms with Gasteiger partial charge in [0.2, 0.25) is 0 Å². The Balaban J connectivity index is 0.000000845. The lowest BCUT2D eigenvalue weighted by Gasteiger charge is -2.08. The summed E-state index contributed by atoms with van der Waals surface area (Å²) in [5.74, 6) is 2.03. The summed E-state index contributed by atoms with van der Waals surface area (Å²) in [6.07, 6.45) is 2.69. The normalized spacial score (nSPS) is 15.3. The smallest absolute Gasteiger partial charge is 0.0214 e. The van der Waals surface area contributed by atoms with Crippen LogP contribution in [0.3, 0.4) is 0 Å². The molecule has 1 aliphatic heterocycles. The van der Waals surface area contributed by atoms with E-state index < -0.39 is 0 Å². The first kappa shape index (κ1) is 11.1. The van der Waals surface area contributed by atoms with Gasteiger partial charge < -0.3 is 0 Å². The van der Waals surface area contributed by atoms with Crippen molar-refractivity contribution in [1.29, 1.82) is 0 Å². The van der Waals surface area contributed by atoms with Crippen molar-refractivity contribution in [1.82, 2.24) is 0 Å². The van der Waals surface area contributed by atoms with Crippen molar-refractivity contribution in [3.05, 3.63) is 15.8 Å². The van der Waals surface area contributed by atoms with Crippen LogP contribution in [0.5, 0.6) is 0 Å². The van der Waals surface area contributed by atoms with Gasteiger partial charge in [0.25, 0.3) is 0 Å². The first-order valence-corrected chi connectivity index (χ1v) is 6.33. The molecule has 0 unspecified atom stereocenters. The van der Waals surface area contributed by atoms with E-state index in [4.69, 9.17) is 0 Å². The van der Waals surface area contributed by atoms with Crippen LogP contribution in [0.2, 0.25) is 0 Å². The fraction of sp³-hybridized carbons (Fsp3) is 0.636. The van der Waals surface area contributed by atoms with Crippen LogP contribution in [-0.2, 0) is 6.42 Å². The van der Waals surface area contributed by atoms with Crippen LogP contribution < -0.4 is 0 Å². The van der Waals surface area contributed by atoms with Gasteiger partial charge in [-0.2, -0.15) is 0 Å². The highest BCUT2D eigenvalue weighted by Gasteiger charge is 2.14. The maximum absolute atomic E-state index is 2.40. The average molecular weight is 214 g/mol. The van der Waals surface area contributed by atoms with Gasteiger partial charge in [0.15, 0.2) is 0 Å². The van der Waals surface area contributed by atoms with E-state index >= 15 is 0 Å². The van der Waals surface area contributed by atoms with Gasteiger partial charge in [-0.1, -0.05) is 21.3 Å². The number of fused-ring (bicyclic) bond motifs is 1. The Morgan fingerprint density at radius 2 is 2.15 bits per heavy atom. The largest absolute Gasteiger partial charge is 0.144 e. The van der Waals surface area contributed by atoms with E-state index in [1.54, 1.807) is 14.6 Å². The van der Waals surface area contributed by atoms with E-state index in [0.29, 0.717) is 5.92 Å². The Kier molecular flexibility index (Phi) is 3.87. The third-order valence-corrected chi connectivity index (χ3v) is 4.96. The molecule has 13 heavy (non-hydrogen) atoms. The third kappa shape index (κ3) is 2.29. The molecular weight excluding hydrogens is 196 g/mol. The summed E-state index contributed by atoms with van der Waals surface area (Å²) in [5, 5.41) is 0. The molecule has 0 saturated heterocycles. The first-order chi connectivity index (χ1) is 5.77. The number of hydrogen-bond donors (Lipinski definition) is 0. The van der Waals surface area contributed by atoms with E-state index in [1.807, 2.05) is 23.1 Å². The van der Waals surface area contributed by atoms with Crippen molar-refractivity contribution in [2.45, 2.75) is 44.9 Å². The van der Waals surface area contributed by atoms with Gasteiger partial charge >= 0.3 is 0 Å². The summed E-state index contributed by atoms with van der Waals surface area (Å²) in [4.78, 5) is 4.76. The predicted molar refractivity (Wildman–Crippen MR) is 64.2 cm³/mol. The van der Waals surface area contributed by atoms with E-state index in [0.717, 1.165) is 0 Å². The lowest BCUT2D eigenvalue weighted by Crippen LogP contribution is -1.92. The monoisotopic (exact) mass is 214 g/mol. The fourth-order valence-electron chi connectivity index (χ4n) is 1.43. The topological polar surface area (TPSA) is 0 Å². The molecule has 0 atom stereocenters. The highest BCUT2D eigenvalue weighted by atomic mass is 32.2. The van der Waals surface area contributed by atoms with Gasteiger partial charge in [0.1, 0.15) is 0 Å². The molecule has 1 aromatic rings. The Morgan fingerprint density at radius 1 is 1.38 bits per heavy atom. The molecule has 0 saturated carbocycles. The SMILES string of the molecule is C.CC(C)c1cc2c(s1)CCCS2. The van der Waals surface area contributed by atoms with Crippen molar-refractivity contribution in [3.8, 4) is 0 Å². The Morgan fingerprint density at radius 3 is 2.77 bits per heavy atom. The zero-order valence-corrected chi connectivity index (χ0v) is 9.23. The lowest BCUT2D eigenvalue weighted by atomic mass is 10.2. The van der Waals surface area contributed by atoms with E-state index in [2.05, 4.69) is 19.9 Å². The van der Waals surface area contributed by atoms with Crippen LogP contribution in [0, 0.1) is 0 Å². The van der Waals surface area contributed by atoms with Gasteiger partial charge in [0.05, 0.1) is 0 Å². The molecule has 0 spiro atoms. The summed E-state index contributed by atoms with van der Waals surface area (Å²) in [6.45, 7) is 4.56. The molecule has 0 amide bonds. The Hall–Kier alpha value is 0.0500. The molecule has 2 heteroatoms. The molecular formula is C11H18S2. The second-order valence-electron chi connectivity index (χ2n) is 3.54. The van der Waals surface area contributed by atoms with E-state index in [-0.39, 0.29) is 7.43 Å². The van der Waals surface area contributed by atoms with Gasteiger partial charge in [-0.3, -0.25) is 0 Å². The summed E-state index contributed by atoms with van der Waals surface area (Å²) < 4.78 is 0. The van der Waals surface area contributed by atoms with Gasteiger partial charge in [-0.25, -0.2) is 0 Å². The summed E-state index contributed by atoms with van der Waals surface area (Å²) in [7, 11) is 0. The molecule has 2 heterocycles. The van der Waals surface area contributed by atoms with Crippen LogP contribution in [0.15, 0.2) is 11.0 Å². The van der Waals surface area contributed by atoms with Crippen molar-refractivity contribution in [2.75, 3.05) is 5.75 Å². The Labute approximate surface area is 89.7 Å². The summed E-state index contributed by atoms with van der Waals surface area (Å²) in [6, 6.07) is 2.40. The van der Waals surface area contributed by atoms with Gasteiger partial charge in [0, 0.05) is 14.6 Å². The number of thioether (sulfide) groups is 1. The average Bonchev–Trinajstić information content (AvgIpc) is 2.46. The first-order valence-electron chi connectivity index (χ1n) is 4.53. The van der Waals surface area contributed by atoms with Crippen molar-refractivity contribution >= 4 is 23.1 Å². The summed E-state index contributed by atoms with van der Waals surface area (Å²) >= 11 is 4.06. The number of thiophene rings is 1. The number of hydrogen-bond acceptors (Lipinski definition) is 2. The number of aryl methyl sites for hydroxylation is 1. The maximum Gasteiger partial charge on any atom is 0.0214 e. The zero-order valence-electron chi connectivity index (χ0n) is 7.59. The van der Waals surface area contributed by atoms with Crippen LogP contribution >= 0.6 is 23.1 Å². The van der Waals surface area contributed by atoms with Crippen molar-refractivity contribution < 1.29 is 0 Å². The fourth-order valence-corrected chi connectivity index (χ4v) is 3.89. The van der Waals surface area contributed by atoms with Crippen LogP contribution in [0.25, 0.3) is 0 Å². The van der Waals surface area contributed by atoms with Gasteiger partial charge in [-0.05, 0) is 30.6 Å². The minimum atomic E-state index is 0. The highest BCUT2D eigenvalue weighted by molar-refractivity contribution is 7.99. The van der Waals surface area contributed by atoms with Crippen molar-refractivity contribution in [3.63, 3.8) is 0 Å². The van der Waals surface area contributed by atoms with Crippen molar-refractivity contribution in [2.24, 2.45) is 0 Å². The lowest BCUT2D eigenvalue weighted by molar-refractivity contribution is 0.885. The molecule has 0 radical (unpaired) electrons. The molecule has 0 nitrogen and oxygen atoms in total.